The van der Waals surface area contributed by atoms with Crippen LogP contribution in [0.5, 0.6) is 0 Å². The number of rotatable bonds is 7. The highest BCUT2D eigenvalue weighted by Crippen LogP contribution is 2.23. The minimum absolute atomic E-state index is 0.0281. The SMILES string of the molecule is CNC(=O)CNCC(=O)Nc1ccc(Cl)cc1C(=O)c1ccccc1. The third kappa shape index (κ3) is 5.41. The summed E-state index contributed by atoms with van der Waals surface area (Å²) in [4.78, 5) is 35.8. The van der Waals surface area contributed by atoms with Crippen LogP contribution < -0.4 is 16.0 Å². The molecule has 2 aromatic carbocycles. The maximum absolute atomic E-state index is 12.7. The molecular weight excluding hydrogens is 342 g/mol. The van der Waals surface area contributed by atoms with Crippen molar-refractivity contribution in [3.63, 3.8) is 0 Å². The van der Waals surface area contributed by atoms with Crippen LogP contribution in [0.1, 0.15) is 15.9 Å². The number of hydrogen-bond acceptors (Lipinski definition) is 4. The van der Waals surface area contributed by atoms with E-state index in [-0.39, 0.29) is 30.7 Å². The molecule has 2 aromatic rings. The summed E-state index contributed by atoms with van der Waals surface area (Å²) in [5.41, 5.74) is 1.17. The fourth-order valence-corrected chi connectivity index (χ4v) is 2.30. The second-order valence-electron chi connectivity index (χ2n) is 5.21. The van der Waals surface area contributed by atoms with E-state index < -0.39 is 0 Å². The number of anilines is 1. The van der Waals surface area contributed by atoms with Crippen molar-refractivity contribution < 1.29 is 14.4 Å². The number of nitrogens with one attached hydrogen (secondary N) is 3. The Bertz CT molecular complexity index is 778. The molecule has 0 spiro atoms. The van der Waals surface area contributed by atoms with Crippen LogP contribution in [0.25, 0.3) is 0 Å². The van der Waals surface area contributed by atoms with Crippen LogP contribution in [-0.4, -0.2) is 37.7 Å². The number of hydrogen-bond donors (Lipinski definition) is 3. The van der Waals surface area contributed by atoms with Crippen molar-refractivity contribution in [3.8, 4) is 0 Å². The third-order valence-electron chi connectivity index (χ3n) is 3.39. The first-order valence-corrected chi connectivity index (χ1v) is 7.99. The second-order valence-corrected chi connectivity index (χ2v) is 5.65. The van der Waals surface area contributed by atoms with E-state index in [1.165, 1.54) is 13.1 Å². The van der Waals surface area contributed by atoms with Gasteiger partial charge in [-0.05, 0) is 18.2 Å². The van der Waals surface area contributed by atoms with Crippen LogP contribution >= 0.6 is 11.6 Å². The van der Waals surface area contributed by atoms with E-state index in [0.717, 1.165) is 0 Å². The zero-order valence-corrected chi connectivity index (χ0v) is 14.4. The molecule has 0 unspecified atom stereocenters. The van der Waals surface area contributed by atoms with Gasteiger partial charge in [-0.25, -0.2) is 0 Å². The Balaban J connectivity index is 2.12. The van der Waals surface area contributed by atoms with Gasteiger partial charge in [-0.15, -0.1) is 0 Å². The zero-order valence-electron chi connectivity index (χ0n) is 13.6. The summed E-state index contributed by atoms with van der Waals surface area (Å²) in [5, 5.41) is 8.22. The average molecular weight is 360 g/mol. The highest BCUT2D eigenvalue weighted by atomic mass is 35.5. The minimum atomic E-state index is -0.367. The van der Waals surface area contributed by atoms with E-state index in [2.05, 4.69) is 16.0 Å². The molecule has 0 saturated carbocycles. The van der Waals surface area contributed by atoms with Gasteiger partial charge in [0.15, 0.2) is 5.78 Å². The molecule has 0 aliphatic rings. The molecule has 130 valence electrons. The van der Waals surface area contributed by atoms with Crippen LogP contribution in [0.3, 0.4) is 0 Å². The number of carbonyl (C=O) groups excluding carboxylic acids is 3. The first-order valence-electron chi connectivity index (χ1n) is 7.61. The number of benzene rings is 2. The summed E-state index contributed by atoms with van der Waals surface area (Å²) in [6.45, 7) is -0.0324. The van der Waals surface area contributed by atoms with E-state index in [1.54, 1.807) is 36.4 Å². The molecule has 0 radical (unpaired) electrons. The molecule has 6 nitrogen and oxygen atoms in total. The smallest absolute Gasteiger partial charge is 0.238 e. The first-order chi connectivity index (χ1) is 12.0. The lowest BCUT2D eigenvalue weighted by Crippen LogP contribution is -2.36. The van der Waals surface area contributed by atoms with Gasteiger partial charge in [0, 0.05) is 23.2 Å². The van der Waals surface area contributed by atoms with Crippen molar-refractivity contribution in [1.82, 2.24) is 10.6 Å². The van der Waals surface area contributed by atoms with Crippen LogP contribution in [-0.2, 0) is 9.59 Å². The summed E-state index contributed by atoms with van der Waals surface area (Å²) in [7, 11) is 1.51. The normalized spacial score (nSPS) is 10.2. The molecule has 7 heteroatoms. The molecule has 25 heavy (non-hydrogen) atoms. The molecule has 0 aliphatic heterocycles. The zero-order chi connectivity index (χ0) is 18.2. The van der Waals surface area contributed by atoms with E-state index >= 15 is 0 Å². The fraction of sp³-hybridized carbons (Fsp3) is 0.167. The van der Waals surface area contributed by atoms with Crippen molar-refractivity contribution in [3.05, 3.63) is 64.7 Å². The molecular formula is C18H18ClN3O3. The Labute approximate surface area is 150 Å². The number of amides is 2. The predicted molar refractivity (Wildman–Crippen MR) is 96.9 cm³/mol. The van der Waals surface area contributed by atoms with Crippen LogP contribution in [0.4, 0.5) is 5.69 Å². The molecule has 2 amide bonds. The summed E-state index contributed by atoms with van der Waals surface area (Å²) in [5.74, 6) is -0.829. The lowest BCUT2D eigenvalue weighted by Gasteiger charge is -2.11. The van der Waals surface area contributed by atoms with Gasteiger partial charge in [0.05, 0.1) is 18.8 Å². The summed E-state index contributed by atoms with van der Waals surface area (Å²) in [6, 6.07) is 13.4. The van der Waals surface area contributed by atoms with E-state index in [9.17, 15) is 14.4 Å². The average Bonchev–Trinajstić information content (AvgIpc) is 2.63. The van der Waals surface area contributed by atoms with Crippen LogP contribution in [0.2, 0.25) is 5.02 Å². The molecule has 3 N–H and O–H groups in total. The fourth-order valence-electron chi connectivity index (χ4n) is 2.13. The van der Waals surface area contributed by atoms with Gasteiger partial charge in [-0.3, -0.25) is 19.7 Å². The van der Waals surface area contributed by atoms with E-state index in [4.69, 9.17) is 11.6 Å². The molecule has 0 aliphatic carbocycles. The van der Waals surface area contributed by atoms with Gasteiger partial charge in [0.2, 0.25) is 11.8 Å². The Hall–Kier alpha value is -2.70. The monoisotopic (exact) mass is 359 g/mol. The Morgan fingerprint density at radius 2 is 1.64 bits per heavy atom. The molecule has 0 aromatic heterocycles. The number of halogens is 1. The minimum Gasteiger partial charge on any atom is -0.358 e. The van der Waals surface area contributed by atoms with Crippen molar-refractivity contribution >= 4 is 34.9 Å². The molecule has 0 fully saturated rings. The van der Waals surface area contributed by atoms with Crippen molar-refractivity contribution in [2.24, 2.45) is 0 Å². The van der Waals surface area contributed by atoms with Crippen molar-refractivity contribution in [1.29, 1.82) is 0 Å². The van der Waals surface area contributed by atoms with Gasteiger partial charge in [-0.2, -0.15) is 0 Å². The van der Waals surface area contributed by atoms with E-state index in [0.29, 0.717) is 21.8 Å². The number of carbonyl (C=O) groups is 3. The maximum atomic E-state index is 12.7. The van der Waals surface area contributed by atoms with Crippen LogP contribution in [0.15, 0.2) is 48.5 Å². The Morgan fingerprint density at radius 3 is 2.32 bits per heavy atom. The largest absolute Gasteiger partial charge is 0.358 e. The van der Waals surface area contributed by atoms with Gasteiger partial charge in [0.25, 0.3) is 0 Å². The van der Waals surface area contributed by atoms with Gasteiger partial charge in [-0.1, -0.05) is 41.9 Å². The lowest BCUT2D eigenvalue weighted by molar-refractivity contribution is -0.120. The van der Waals surface area contributed by atoms with Gasteiger partial charge >= 0.3 is 0 Å². The molecule has 0 bridgehead atoms. The summed E-state index contributed by atoms with van der Waals surface area (Å²) < 4.78 is 0. The Morgan fingerprint density at radius 1 is 0.960 bits per heavy atom. The first kappa shape index (κ1) is 18.6. The number of ketones is 1. The summed E-state index contributed by atoms with van der Waals surface area (Å²) >= 11 is 6.00. The maximum Gasteiger partial charge on any atom is 0.238 e. The number of likely N-dealkylation sites (N-methyl/N-ethyl adjacent to an activating group) is 1. The highest BCUT2D eigenvalue weighted by Gasteiger charge is 2.16. The standard InChI is InChI=1S/C18H18ClN3O3/c1-20-16(23)10-21-11-17(24)22-15-8-7-13(19)9-14(15)18(25)12-5-3-2-4-6-12/h2-9,21H,10-11H2,1H3,(H,20,23)(H,22,24). The van der Waals surface area contributed by atoms with Crippen molar-refractivity contribution in [2.45, 2.75) is 0 Å². The predicted octanol–water partition coefficient (Wildman–Crippen LogP) is 1.85. The van der Waals surface area contributed by atoms with Crippen molar-refractivity contribution in [2.75, 3.05) is 25.5 Å². The molecule has 0 saturated heterocycles. The molecule has 2 rings (SSSR count). The molecule has 0 heterocycles. The topological polar surface area (TPSA) is 87.3 Å². The third-order valence-corrected chi connectivity index (χ3v) is 3.62. The van der Waals surface area contributed by atoms with Crippen LogP contribution in [0, 0.1) is 0 Å². The summed E-state index contributed by atoms with van der Waals surface area (Å²) in [6.07, 6.45) is 0. The quantitative estimate of drug-likeness (QED) is 0.658. The lowest BCUT2D eigenvalue weighted by atomic mass is 10.0. The van der Waals surface area contributed by atoms with Gasteiger partial charge < -0.3 is 10.6 Å². The molecule has 0 atom stereocenters. The van der Waals surface area contributed by atoms with Gasteiger partial charge in [0.1, 0.15) is 0 Å². The highest BCUT2D eigenvalue weighted by molar-refractivity contribution is 6.31. The second kappa shape index (κ2) is 8.96. The van der Waals surface area contributed by atoms with E-state index in [1.807, 2.05) is 6.07 Å². The Kier molecular flexibility index (Phi) is 6.68.